The van der Waals surface area contributed by atoms with Crippen LogP contribution in [0.3, 0.4) is 0 Å². The lowest BCUT2D eigenvalue weighted by atomic mass is 9.92. The van der Waals surface area contributed by atoms with Crippen LogP contribution in [0.4, 0.5) is 11.4 Å². The van der Waals surface area contributed by atoms with Crippen LogP contribution in [0, 0.1) is 5.41 Å². The topological polar surface area (TPSA) is 94.0 Å². The molecule has 1 aromatic heterocycles. The Bertz CT molecular complexity index is 622. The number of nitrogens with two attached hydrogens (primary N) is 2. The molecular weight excluding hydrogens is 240 g/mol. The van der Waals surface area contributed by atoms with Gasteiger partial charge in [0.15, 0.2) is 0 Å². The summed E-state index contributed by atoms with van der Waals surface area (Å²) in [4.78, 5) is 15.4. The number of rotatable bonds is 4. The third-order valence-corrected chi connectivity index (χ3v) is 3.24. The Morgan fingerprint density at radius 1 is 1.32 bits per heavy atom. The molecule has 0 saturated heterocycles. The number of pyridine rings is 1. The molecule has 0 aliphatic carbocycles. The van der Waals surface area contributed by atoms with Crippen LogP contribution in [0.1, 0.15) is 13.8 Å². The first-order valence-electron chi connectivity index (χ1n) is 6.08. The highest BCUT2D eigenvalue weighted by Crippen LogP contribution is 2.28. The van der Waals surface area contributed by atoms with Crippen molar-refractivity contribution in [3.63, 3.8) is 0 Å². The lowest BCUT2D eigenvalue weighted by molar-refractivity contribution is -0.125. The molecule has 5 nitrogen and oxygen atoms in total. The van der Waals surface area contributed by atoms with Gasteiger partial charge >= 0.3 is 0 Å². The van der Waals surface area contributed by atoms with Crippen LogP contribution in [-0.4, -0.2) is 17.4 Å². The number of nitrogen functional groups attached to an aromatic ring is 1. The second kappa shape index (κ2) is 4.76. The second-order valence-corrected chi connectivity index (χ2v) is 5.23. The normalized spacial score (nSPS) is 11.5. The van der Waals surface area contributed by atoms with E-state index in [0.29, 0.717) is 12.2 Å². The maximum absolute atomic E-state index is 11.3. The SMILES string of the molecule is CC(C)(CNc1ccc(N)c2cnccc12)C(N)=O. The number of carbonyl (C=O) groups excluding carboxylic acids is 1. The molecule has 2 rings (SSSR count). The summed E-state index contributed by atoms with van der Waals surface area (Å²) in [5.41, 5.74) is 12.3. The molecule has 19 heavy (non-hydrogen) atoms. The Labute approximate surface area is 112 Å². The fourth-order valence-electron chi connectivity index (χ4n) is 1.77. The van der Waals surface area contributed by atoms with Gasteiger partial charge in [-0.05, 0) is 32.0 Å². The Morgan fingerprint density at radius 3 is 2.74 bits per heavy atom. The highest BCUT2D eigenvalue weighted by Gasteiger charge is 2.24. The van der Waals surface area contributed by atoms with E-state index in [1.54, 1.807) is 12.4 Å². The Morgan fingerprint density at radius 2 is 2.05 bits per heavy atom. The van der Waals surface area contributed by atoms with Crippen LogP contribution in [0.2, 0.25) is 0 Å². The van der Waals surface area contributed by atoms with Crippen molar-refractivity contribution >= 4 is 28.1 Å². The minimum absolute atomic E-state index is 0.332. The number of hydrogen-bond donors (Lipinski definition) is 3. The number of hydrogen-bond acceptors (Lipinski definition) is 4. The van der Waals surface area contributed by atoms with E-state index < -0.39 is 5.41 Å². The van der Waals surface area contributed by atoms with E-state index >= 15 is 0 Å². The molecular formula is C14H18N4O. The molecule has 1 aromatic carbocycles. The summed E-state index contributed by atoms with van der Waals surface area (Å²) in [6.07, 6.45) is 3.45. The van der Waals surface area contributed by atoms with Crippen LogP contribution in [0.25, 0.3) is 10.8 Å². The first-order chi connectivity index (χ1) is 8.92. The summed E-state index contributed by atoms with van der Waals surface area (Å²) in [5, 5.41) is 5.13. The first kappa shape index (κ1) is 13.1. The number of carbonyl (C=O) groups is 1. The fourth-order valence-corrected chi connectivity index (χ4v) is 1.77. The van der Waals surface area contributed by atoms with Crippen molar-refractivity contribution in [2.75, 3.05) is 17.6 Å². The van der Waals surface area contributed by atoms with E-state index in [1.165, 1.54) is 0 Å². The van der Waals surface area contributed by atoms with Gasteiger partial charge in [0.2, 0.25) is 5.91 Å². The minimum atomic E-state index is -0.610. The van der Waals surface area contributed by atoms with E-state index in [-0.39, 0.29) is 5.91 Å². The van der Waals surface area contributed by atoms with Gasteiger partial charge in [-0.3, -0.25) is 9.78 Å². The lowest BCUT2D eigenvalue weighted by Gasteiger charge is -2.22. The number of primary amides is 1. The van der Waals surface area contributed by atoms with E-state index in [9.17, 15) is 4.79 Å². The molecule has 0 bridgehead atoms. The van der Waals surface area contributed by atoms with Gasteiger partial charge in [-0.1, -0.05) is 0 Å². The van der Waals surface area contributed by atoms with Gasteiger partial charge in [0, 0.05) is 41.1 Å². The number of nitrogens with zero attached hydrogens (tertiary/aromatic N) is 1. The van der Waals surface area contributed by atoms with Crippen molar-refractivity contribution in [1.29, 1.82) is 0 Å². The van der Waals surface area contributed by atoms with Crippen molar-refractivity contribution in [3.05, 3.63) is 30.6 Å². The van der Waals surface area contributed by atoms with Crippen molar-refractivity contribution in [2.24, 2.45) is 11.1 Å². The maximum Gasteiger partial charge on any atom is 0.224 e. The molecule has 0 saturated carbocycles. The number of nitrogens with one attached hydrogen (secondary N) is 1. The number of benzene rings is 1. The second-order valence-electron chi connectivity index (χ2n) is 5.23. The number of fused-ring (bicyclic) bond motifs is 1. The zero-order valence-electron chi connectivity index (χ0n) is 11.1. The van der Waals surface area contributed by atoms with Crippen LogP contribution in [0.15, 0.2) is 30.6 Å². The summed E-state index contributed by atoms with van der Waals surface area (Å²) in [7, 11) is 0. The predicted octanol–water partition coefficient (Wildman–Crippen LogP) is 1.74. The van der Waals surface area contributed by atoms with Crippen molar-refractivity contribution in [2.45, 2.75) is 13.8 Å². The Balaban J connectivity index is 2.32. The van der Waals surface area contributed by atoms with Crippen molar-refractivity contribution < 1.29 is 4.79 Å². The molecule has 0 radical (unpaired) electrons. The summed E-state index contributed by atoms with van der Waals surface area (Å²) in [6.45, 7) is 4.08. The smallest absolute Gasteiger partial charge is 0.224 e. The lowest BCUT2D eigenvalue weighted by Crippen LogP contribution is -2.37. The highest BCUT2D eigenvalue weighted by atomic mass is 16.1. The average molecular weight is 258 g/mol. The quantitative estimate of drug-likeness (QED) is 0.728. The van der Waals surface area contributed by atoms with E-state index in [1.807, 2.05) is 32.0 Å². The zero-order chi connectivity index (χ0) is 14.0. The molecule has 0 aliphatic rings. The average Bonchev–Trinajstić information content (AvgIpc) is 2.38. The number of anilines is 2. The molecule has 0 unspecified atom stereocenters. The van der Waals surface area contributed by atoms with E-state index in [0.717, 1.165) is 16.5 Å². The van der Waals surface area contributed by atoms with Gasteiger partial charge in [-0.15, -0.1) is 0 Å². The van der Waals surface area contributed by atoms with Crippen LogP contribution in [-0.2, 0) is 4.79 Å². The van der Waals surface area contributed by atoms with Crippen molar-refractivity contribution in [3.8, 4) is 0 Å². The summed E-state index contributed by atoms with van der Waals surface area (Å²) < 4.78 is 0. The molecule has 1 heterocycles. The summed E-state index contributed by atoms with van der Waals surface area (Å²) >= 11 is 0. The zero-order valence-corrected chi connectivity index (χ0v) is 11.1. The van der Waals surface area contributed by atoms with Crippen LogP contribution >= 0.6 is 0 Å². The van der Waals surface area contributed by atoms with E-state index in [4.69, 9.17) is 11.5 Å². The summed E-state index contributed by atoms with van der Waals surface area (Å²) in [6, 6.07) is 5.61. The standard InChI is InChI=1S/C14H18N4O/c1-14(2,13(16)19)8-18-12-4-3-11(15)10-7-17-6-5-9(10)12/h3-7,18H,8,15H2,1-2H3,(H2,16,19). The van der Waals surface area contributed by atoms with Gasteiger partial charge in [-0.25, -0.2) is 0 Å². The van der Waals surface area contributed by atoms with Gasteiger partial charge < -0.3 is 16.8 Å². The third-order valence-electron chi connectivity index (χ3n) is 3.24. The molecule has 0 atom stereocenters. The van der Waals surface area contributed by atoms with Gasteiger partial charge in [0.25, 0.3) is 0 Å². The molecule has 100 valence electrons. The molecule has 2 aromatic rings. The Hall–Kier alpha value is -2.30. The molecule has 0 spiro atoms. The molecule has 1 amide bonds. The first-order valence-corrected chi connectivity index (χ1v) is 6.08. The molecule has 5 heteroatoms. The third kappa shape index (κ3) is 2.59. The maximum atomic E-state index is 11.3. The predicted molar refractivity (Wildman–Crippen MR) is 77.6 cm³/mol. The molecule has 0 aliphatic heterocycles. The highest BCUT2D eigenvalue weighted by molar-refractivity contribution is 6.00. The monoisotopic (exact) mass is 258 g/mol. The molecule has 0 fully saturated rings. The largest absolute Gasteiger partial charge is 0.398 e. The van der Waals surface area contributed by atoms with Crippen LogP contribution in [0.5, 0.6) is 0 Å². The van der Waals surface area contributed by atoms with Gasteiger partial charge in [0.05, 0.1) is 5.41 Å². The number of aromatic nitrogens is 1. The summed E-state index contributed by atoms with van der Waals surface area (Å²) in [5.74, 6) is -0.332. The van der Waals surface area contributed by atoms with Crippen LogP contribution < -0.4 is 16.8 Å². The molecule has 5 N–H and O–H groups in total. The van der Waals surface area contributed by atoms with Gasteiger partial charge in [0.1, 0.15) is 0 Å². The van der Waals surface area contributed by atoms with E-state index in [2.05, 4.69) is 10.3 Å². The fraction of sp³-hybridized carbons (Fsp3) is 0.286. The van der Waals surface area contributed by atoms with Gasteiger partial charge in [-0.2, -0.15) is 0 Å². The minimum Gasteiger partial charge on any atom is -0.398 e. The van der Waals surface area contributed by atoms with Crippen molar-refractivity contribution in [1.82, 2.24) is 4.98 Å². The number of amides is 1. The Kier molecular flexibility index (Phi) is 3.29.